The summed E-state index contributed by atoms with van der Waals surface area (Å²) in [6, 6.07) is -0.241. The minimum atomic E-state index is -1.51. The van der Waals surface area contributed by atoms with Crippen LogP contribution in [-0.2, 0) is 4.74 Å². The summed E-state index contributed by atoms with van der Waals surface area (Å²) in [6.07, 6.45) is -1.96. The van der Waals surface area contributed by atoms with Gasteiger partial charge in [-0.2, -0.15) is 0 Å². The first kappa shape index (κ1) is 20.6. The third-order valence-electron chi connectivity index (χ3n) is 4.63. The maximum absolute atomic E-state index is 10.4. The third-order valence-corrected chi connectivity index (χ3v) is 4.63. The molecule has 0 bridgehead atoms. The van der Waals surface area contributed by atoms with Gasteiger partial charge in [0, 0.05) is 0 Å². The van der Waals surface area contributed by atoms with Crippen LogP contribution in [-0.4, -0.2) is 88.7 Å². The Kier molecular flexibility index (Phi) is 6.23. The van der Waals surface area contributed by atoms with Gasteiger partial charge in [0.05, 0.1) is 25.6 Å². The molecule has 6 atom stereocenters. The zero-order chi connectivity index (χ0) is 20.4. The second kappa shape index (κ2) is 8.47. The Balaban J connectivity index is 2.02. The van der Waals surface area contributed by atoms with E-state index >= 15 is 0 Å². The summed E-state index contributed by atoms with van der Waals surface area (Å²) in [5, 5.41) is 48.9. The van der Waals surface area contributed by atoms with Gasteiger partial charge in [-0.3, -0.25) is 9.56 Å². The van der Waals surface area contributed by atoms with Crippen molar-refractivity contribution in [2.75, 3.05) is 13.2 Å². The van der Waals surface area contributed by atoms with Crippen LogP contribution in [0.5, 0.6) is 0 Å². The largest absolute Gasteiger partial charge is 0.394 e. The first-order valence-corrected chi connectivity index (χ1v) is 8.90. The second-order valence-electron chi connectivity index (χ2n) is 6.84. The number of aliphatic hydroxyl groups is 5. The van der Waals surface area contributed by atoms with Gasteiger partial charge < -0.3 is 35.3 Å². The number of ether oxygens (including phenoxy) is 1. The van der Waals surface area contributed by atoms with Crippen LogP contribution in [0.4, 0.5) is 0 Å². The first-order chi connectivity index (χ1) is 13.4. The summed E-state index contributed by atoms with van der Waals surface area (Å²) < 4.78 is 6.98. The lowest BCUT2D eigenvalue weighted by molar-refractivity contribution is -0.250. The van der Waals surface area contributed by atoms with E-state index in [1.807, 2.05) is 13.0 Å². The molecule has 2 aromatic rings. The Bertz CT molecular complexity index is 907. The van der Waals surface area contributed by atoms with Crippen LogP contribution in [0.15, 0.2) is 29.3 Å². The maximum atomic E-state index is 10.4. The molecule has 154 valence electrons. The predicted octanol–water partition coefficient (Wildman–Crippen LogP) is -2.04. The summed E-state index contributed by atoms with van der Waals surface area (Å²) in [6.45, 7) is 3.06. The van der Waals surface area contributed by atoms with Gasteiger partial charge in [-0.15, -0.1) is 0 Å². The molecule has 3 heterocycles. The van der Waals surface area contributed by atoms with E-state index < -0.39 is 37.3 Å². The fourth-order valence-electron chi connectivity index (χ4n) is 3.17. The lowest BCUT2D eigenvalue weighted by Crippen LogP contribution is -2.56. The quantitative estimate of drug-likeness (QED) is 0.315. The van der Waals surface area contributed by atoms with E-state index in [-0.39, 0.29) is 12.6 Å². The SMILES string of the molecule is C/C(=C/C(C)N=c1ncn(C2O[C@H](CO)[C@@H](O)[C@H](O)[C@H]2O)c2nc[nH]c12)CO. The number of imidazole rings is 1. The van der Waals surface area contributed by atoms with E-state index in [0.717, 1.165) is 5.57 Å². The van der Waals surface area contributed by atoms with Crippen molar-refractivity contribution in [2.24, 2.45) is 4.99 Å². The molecular formula is C17H25N5O6. The number of fused-ring (bicyclic) bond motifs is 1. The van der Waals surface area contributed by atoms with Crippen LogP contribution in [0.3, 0.4) is 0 Å². The van der Waals surface area contributed by atoms with E-state index in [0.29, 0.717) is 16.7 Å². The van der Waals surface area contributed by atoms with Crippen LogP contribution in [0.2, 0.25) is 0 Å². The summed E-state index contributed by atoms with van der Waals surface area (Å²) in [7, 11) is 0. The Morgan fingerprint density at radius 1 is 1.29 bits per heavy atom. The van der Waals surface area contributed by atoms with E-state index in [4.69, 9.17) is 9.84 Å². The number of hydrogen-bond donors (Lipinski definition) is 6. The van der Waals surface area contributed by atoms with Gasteiger partial charge >= 0.3 is 0 Å². The molecule has 1 fully saturated rings. The van der Waals surface area contributed by atoms with Crippen molar-refractivity contribution in [3.63, 3.8) is 0 Å². The van der Waals surface area contributed by atoms with Gasteiger partial charge in [-0.1, -0.05) is 6.08 Å². The molecule has 3 rings (SSSR count). The fourth-order valence-corrected chi connectivity index (χ4v) is 3.17. The van der Waals surface area contributed by atoms with E-state index in [2.05, 4.69) is 19.9 Å². The number of rotatable bonds is 5. The van der Waals surface area contributed by atoms with Crippen molar-refractivity contribution >= 4 is 11.2 Å². The lowest BCUT2D eigenvalue weighted by Gasteiger charge is -2.40. The molecule has 1 saturated heterocycles. The number of H-pyrrole nitrogens is 1. The minimum Gasteiger partial charge on any atom is -0.394 e. The van der Waals surface area contributed by atoms with E-state index in [1.165, 1.54) is 17.2 Å². The average molecular weight is 395 g/mol. The molecule has 6 N–H and O–H groups in total. The Morgan fingerprint density at radius 3 is 2.71 bits per heavy atom. The molecule has 0 saturated carbocycles. The van der Waals surface area contributed by atoms with Crippen LogP contribution in [0, 0.1) is 0 Å². The lowest BCUT2D eigenvalue weighted by atomic mass is 9.98. The smallest absolute Gasteiger partial charge is 0.177 e. The molecule has 2 unspecified atom stereocenters. The molecule has 1 aliphatic heterocycles. The summed E-state index contributed by atoms with van der Waals surface area (Å²) >= 11 is 0. The monoisotopic (exact) mass is 395 g/mol. The zero-order valence-corrected chi connectivity index (χ0v) is 15.5. The second-order valence-corrected chi connectivity index (χ2v) is 6.84. The van der Waals surface area contributed by atoms with Gasteiger partial charge in [0.15, 0.2) is 17.4 Å². The normalized spacial score (nSPS) is 30.8. The molecule has 0 aromatic carbocycles. The Morgan fingerprint density at radius 2 is 2.04 bits per heavy atom. The maximum Gasteiger partial charge on any atom is 0.177 e. The minimum absolute atomic E-state index is 0.0569. The van der Waals surface area contributed by atoms with Crippen LogP contribution in [0.25, 0.3) is 11.2 Å². The fraction of sp³-hybridized carbons (Fsp3) is 0.588. The number of aromatic amines is 1. The molecular weight excluding hydrogens is 370 g/mol. The highest BCUT2D eigenvalue weighted by Gasteiger charge is 2.44. The number of hydrogen-bond acceptors (Lipinski definition) is 9. The standard InChI is InChI=1S/C17H25N5O6/c1-8(4-23)3-9(2)21-15-11-16(19-6-18-11)22(7-20-15)17-14(27)13(26)12(25)10(5-24)28-17/h3,6-7,9-10,12-14,17,23-27H,4-5H2,1-2H3,(H,18,19)/b8-3-,21-15?/t9?,10-,12-,13+,14-,17?/m1/s1. The third kappa shape index (κ3) is 3.85. The van der Waals surface area contributed by atoms with Gasteiger partial charge in [0.1, 0.15) is 36.3 Å². The summed E-state index contributed by atoms with van der Waals surface area (Å²) in [5.41, 5.74) is 2.02. The Labute approximate surface area is 160 Å². The van der Waals surface area contributed by atoms with Gasteiger partial charge in [-0.05, 0) is 19.4 Å². The molecule has 2 aromatic heterocycles. The number of aromatic nitrogens is 4. The zero-order valence-electron chi connectivity index (χ0n) is 15.5. The molecule has 0 aliphatic carbocycles. The predicted molar refractivity (Wildman–Crippen MR) is 96.8 cm³/mol. The van der Waals surface area contributed by atoms with Crippen LogP contribution < -0.4 is 5.49 Å². The summed E-state index contributed by atoms with van der Waals surface area (Å²) in [4.78, 5) is 16.0. The first-order valence-electron chi connectivity index (χ1n) is 8.90. The molecule has 11 nitrogen and oxygen atoms in total. The van der Waals surface area contributed by atoms with Crippen molar-refractivity contribution < 1.29 is 30.3 Å². The highest BCUT2D eigenvalue weighted by Crippen LogP contribution is 2.29. The number of nitrogens with zero attached hydrogens (tertiary/aromatic N) is 4. The van der Waals surface area contributed by atoms with Crippen molar-refractivity contribution in [1.82, 2.24) is 19.5 Å². The average Bonchev–Trinajstić information content (AvgIpc) is 3.17. The van der Waals surface area contributed by atoms with Crippen LogP contribution >= 0.6 is 0 Å². The van der Waals surface area contributed by atoms with E-state index in [1.54, 1.807) is 6.92 Å². The molecule has 0 spiro atoms. The molecule has 1 aliphatic rings. The topological polar surface area (TPSA) is 169 Å². The molecule has 11 heteroatoms. The van der Waals surface area contributed by atoms with Crippen molar-refractivity contribution in [3.05, 3.63) is 29.8 Å². The summed E-state index contributed by atoms with van der Waals surface area (Å²) in [5.74, 6) is 0. The molecule has 0 radical (unpaired) electrons. The van der Waals surface area contributed by atoms with Crippen LogP contribution in [0.1, 0.15) is 20.1 Å². The van der Waals surface area contributed by atoms with Gasteiger partial charge in [0.2, 0.25) is 0 Å². The van der Waals surface area contributed by atoms with E-state index in [9.17, 15) is 20.4 Å². The van der Waals surface area contributed by atoms with Gasteiger partial charge in [-0.25, -0.2) is 9.97 Å². The highest BCUT2D eigenvalue weighted by molar-refractivity contribution is 5.68. The van der Waals surface area contributed by atoms with Crippen molar-refractivity contribution in [1.29, 1.82) is 0 Å². The van der Waals surface area contributed by atoms with Gasteiger partial charge in [0.25, 0.3) is 0 Å². The molecule has 0 amide bonds. The van der Waals surface area contributed by atoms with Crippen molar-refractivity contribution in [2.45, 2.75) is 50.5 Å². The Hall–Kier alpha value is -2.15. The van der Waals surface area contributed by atoms with Crippen molar-refractivity contribution in [3.8, 4) is 0 Å². The molecule has 28 heavy (non-hydrogen) atoms. The number of nitrogens with one attached hydrogen (secondary N) is 1. The number of aliphatic hydroxyl groups excluding tert-OH is 5. The highest BCUT2D eigenvalue weighted by atomic mass is 16.6.